The van der Waals surface area contributed by atoms with Crippen molar-refractivity contribution in [2.24, 2.45) is 0 Å². The van der Waals surface area contributed by atoms with Crippen LogP contribution in [0.3, 0.4) is 0 Å². The van der Waals surface area contributed by atoms with E-state index >= 15 is 0 Å². The van der Waals surface area contributed by atoms with E-state index in [9.17, 15) is 4.79 Å². The molecule has 1 saturated heterocycles. The second-order valence-electron chi connectivity index (χ2n) is 5.94. The van der Waals surface area contributed by atoms with Crippen LogP contribution in [0.2, 0.25) is 5.02 Å². The average Bonchev–Trinajstić information content (AvgIpc) is 3.10. The number of nitriles is 1. The SMILES string of the molecule is COc1cc(CCNC(=O)CC#N)cc(Cl)c1OCCN1CCCC1. The zero-order valence-electron chi connectivity index (χ0n) is 14.5. The van der Waals surface area contributed by atoms with Gasteiger partial charge in [0.25, 0.3) is 0 Å². The molecule has 2 rings (SSSR count). The van der Waals surface area contributed by atoms with E-state index in [-0.39, 0.29) is 12.3 Å². The number of hydrogen-bond acceptors (Lipinski definition) is 5. The van der Waals surface area contributed by atoms with E-state index in [1.54, 1.807) is 7.11 Å². The summed E-state index contributed by atoms with van der Waals surface area (Å²) < 4.78 is 11.2. The topological polar surface area (TPSA) is 74.6 Å². The molecular weight excluding hydrogens is 342 g/mol. The Morgan fingerprint density at radius 3 is 2.84 bits per heavy atom. The van der Waals surface area contributed by atoms with Crippen LogP contribution in [-0.4, -0.2) is 50.7 Å². The van der Waals surface area contributed by atoms with Crippen LogP contribution in [0.1, 0.15) is 24.8 Å². The zero-order chi connectivity index (χ0) is 18.1. The minimum absolute atomic E-state index is 0.131. The minimum Gasteiger partial charge on any atom is -0.493 e. The van der Waals surface area contributed by atoms with Gasteiger partial charge >= 0.3 is 0 Å². The average molecular weight is 366 g/mol. The summed E-state index contributed by atoms with van der Waals surface area (Å²) in [6.45, 7) is 4.15. The van der Waals surface area contributed by atoms with Crippen molar-refractivity contribution < 1.29 is 14.3 Å². The van der Waals surface area contributed by atoms with Crippen molar-refractivity contribution >= 4 is 17.5 Å². The predicted molar refractivity (Wildman–Crippen MR) is 96.1 cm³/mol. The van der Waals surface area contributed by atoms with Crippen LogP contribution in [-0.2, 0) is 11.2 Å². The predicted octanol–water partition coefficient (Wildman–Crippen LogP) is 2.40. The Kier molecular flexibility index (Phi) is 7.83. The molecule has 1 aromatic carbocycles. The number of rotatable bonds is 9. The quantitative estimate of drug-likeness (QED) is 0.727. The Morgan fingerprint density at radius 1 is 1.40 bits per heavy atom. The fourth-order valence-electron chi connectivity index (χ4n) is 2.82. The van der Waals surface area contributed by atoms with Crippen molar-refractivity contribution in [2.75, 3.05) is 39.9 Å². The van der Waals surface area contributed by atoms with E-state index < -0.39 is 0 Å². The van der Waals surface area contributed by atoms with Crippen LogP contribution in [0.5, 0.6) is 11.5 Å². The summed E-state index contributed by atoms with van der Waals surface area (Å²) in [6.07, 6.45) is 2.97. The van der Waals surface area contributed by atoms with Gasteiger partial charge in [0.05, 0.1) is 18.2 Å². The highest BCUT2D eigenvalue weighted by Crippen LogP contribution is 2.36. The molecule has 0 atom stereocenters. The van der Waals surface area contributed by atoms with E-state index in [4.69, 9.17) is 26.3 Å². The summed E-state index contributed by atoms with van der Waals surface area (Å²) in [5.41, 5.74) is 0.936. The van der Waals surface area contributed by atoms with Gasteiger partial charge in [0.1, 0.15) is 13.0 Å². The van der Waals surface area contributed by atoms with E-state index in [2.05, 4.69) is 10.2 Å². The molecule has 1 heterocycles. The summed E-state index contributed by atoms with van der Waals surface area (Å²) in [5, 5.41) is 11.7. The number of benzene rings is 1. The fourth-order valence-corrected chi connectivity index (χ4v) is 3.11. The third-order valence-electron chi connectivity index (χ3n) is 4.12. The van der Waals surface area contributed by atoms with Gasteiger partial charge in [-0.15, -0.1) is 0 Å². The molecule has 25 heavy (non-hydrogen) atoms. The van der Waals surface area contributed by atoms with Crippen LogP contribution < -0.4 is 14.8 Å². The Morgan fingerprint density at radius 2 is 2.16 bits per heavy atom. The van der Waals surface area contributed by atoms with Crippen LogP contribution in [0.25, 0.3) is 0 Å². The number of amides is 1. The lowest BCUT2D eigenvalue weighted by Crippen LogP contribution is -2.25. The second kappa shape index (κ2) is 10.1. The standard InChI is InChI=1S/C18H24ClN3O3/c1-24-16-13-14(5-7-21-17(23)4-6-20)12-15(19)18(16)25-11-10-22-8-2-3-9-22/h12-13H,2-5,7-11H2,1H3,(H,21,23). The fraction of sp³-hybridized carbons (Fsp3) is 0.556. The lowest BCUT2D eigenvalue weighted by molar-refractivity contribution is -0.120. The molecule has 1 aromatic rings. The molecule has 0 bridgehead atoms. The molecular formula is C18H24ClN3O3. The molecule has 0 radical (unpaired) electrons. The molecule has 1 aliphatic rings. The Hall–Kier alpha value is -1.97. The highest BCUT2D eigenvalue weighted by atomic mass is 35.5. The summed E-state index contributed by atoms with van der Waals surface area (Å²) in [4.78, 5) is 13.7. The smallest absolute Gasteiger partial charge is 0.234 e. The third kappa shape index (κ3) is 6.11. The van der Waals surface area contributed by atoms with Crippen molar-refractivity contribution in [2.45, 2.75) is 25.7 Å². The molecule has 1 aliphatic heterocycles. The van der Waals surface area contributed by atoms with Crippen molar-refractivity contribution in [3.63, 3.8) is 0 Å². The lowest BCUT2D eigenvalue weighted by atomic mass is 10.1. The molecule has 0 spiro atoms. The molecule has 0 aromatic heterocycles. The number of methoxy groups -OCH3 is 1. The molecule has 1 amide bonds. The molecule has 136 valence electrons. The van der Waals surface area contributed by atoms with Gasteiger partial charge in [-0.2, -0.15) is 5.26 Å². The summed E-state index contributed by atoms with van der Waals surface area (Å²) in [6, 6.07) is 5.51. The first-order chi connectivity index (χ1) is 12.1. The Bertz CT molecular complexity index is 625. The van der Waals surface area contributed by atoms with E-state index in [1.807, 2.05) is 18.2 Å². The summed E-state index contributed by atoms with van der Waals surface area (Å²) in [7, 11) is 1.58. The minimum atomic E-state index is -0.276. The number of halogens is 1. The van der Waals surface area contributed by atoms with Gasteiger partial charge in [-0.05, 0) is 50.0 Å². The number of nitrogens with zero attached hydrogens (tertiary/aromatic N) is 2. The van der Waals surface area contributed by atoms with Gasteiger partial charge in [-0.25, -0.2) is 0 Å². The maximum absolute atomic E-state index is 11.3. The molecule has 7 heteroatoms. The van der Waals surface area contributed by atoms with Gasteiger partial charge in [-0.1, -0.05) is 11.6 Å². The monoisotopic (exact) mass is 365 g/mol. The first-order valence-electron chi connectivity index (χ1n) is 8.49. The third-order valence-corrected chi connectivity index (χ3v) is 4.40. The van der Waals surface area contributed by atoms with E-state index in [0.717, 1.165) is 25.2 Å². The molecule has 1 fully saturated rings. The van der Waals surface area contributed by atoms with E-state index in [1.165, 1.54) is 12.8 Å². The normalized spacial score (nSPS) is 14.1. The van der Waals surface area contributed by atoms with Crippen LogP contribution in [0.15, 0.2) is 12.1 Å². The van der Waals surface area contributed by atoms with Gasteiger partial charge in [0.15, 0.2) is 11.5 Å². The number of carbonyl (C=O) groups is 1. The molecule has 6 nitrogen and oxygen atoms in total. The van der Waals surface area contributed by atoms with Crippen molar-refractivity contribution in [1.82, 2.24) is 10.2 Å². The maximum Gasteiger partial charge on any atom is 0.234 e. The lowest BCUT2D eigenvalue weighted by Gasteiger charge is -2.17. The van der Waals surface area contributed by atoms with Crippen molar-refractivity contribution in [1.29, 1.82) is 5.26 Å². The van der Waals surface area contributed by atoms with Crippen molar-refractivity contribution in [3.05, 3.63) is 22.7 Å². The summed E-state index contributed by atoms with van der Waals surface area (Å²) >= 11 is 6.35. The highest BCUT2D eigenvalue weighted by molar-refractivity contribution is 6.32. The maximum atomic E-state index is 11.3. The number of carbonyl (C=O) groups excluding carboxylic acids is 1. The Balaban J connectivity index is 1.90. The number of ether oxygens (including phenoxy) is 2. The number of hydrogen-bond donors (Lipinski definition) is 1. The van der Waals surface area contributed by atoms with Gasteiger partial charge in [-0.3, -0.25) is 9.69 Å². The molecule has 0 saturated carbocycles. The highest BCUT2D eigenvalue weighted by Gasteiger charge is 2.15. The second-order valence-corrected chi connectivity index (χ2v) is 6.35. The Labute approximate surface area is 153 Å². The van der Waals surface area contributed by atoms with Gasteiger partial charge in [0.2, 0.25) is 5.91 Å². The first kappa shape index (κ1) is 19.4. The molecule has 0 aliphatic carbocycles. The largest absolute Gasteiger partial charge is 0.493 e. The molecule has 1 N–H and O–H groups in total. The molecule has 0 unspecified atom stereocenters. The van der Waals surface area contributed by atoms with Crippen LogP contribution >= 0.6 is 11.6 Å². The number of likely N-dealkylation sites (tertiary alicyclic amines) is 1. The first-order valence-corrected chi connectivity index (χ1v) is 8.87. The number of nitrogens with one attached hydrogen (secondary N) is 1. The van der Waals surface area contributed by atoms with Gasteiger partial charge in [0, 0.05) is 13.1 Å². The summed E-state index contributed by atoms with van der Waals surface area (Å²) in [5.74, 6) is 0.871. The zero-order valence-corrected chi connectivity index (χ0v) is 15.3. The van der Waals surface area contributed by atoms with Crippen molar-refractivity contribution in [3.8, 4) is 17.6 Å². The van der Waals surface area contributed by atoms with Gasteiger partial charge < -0.3 is 14.8 Å². The van der Waals surface area contributed by atoms with E-state index in [0.29, 0.717) is 36.1 Å². The van der Waals surface area contributed by atoms with Crippen LogP contribution in [0.4, 0.5) is 0 Å². The van der Waals surface area contributed by atoms with Crippen LogP contribution in [0, 0.1) is 11.3 Å².